The second-order valence-electron chi connectivity index (χ2n) is 7.05. The standard InChI is InChI=1S/C16H30N2O3/c1-5-21-15(20)12-6-8-18(9-7-12)14(19)13(11-17)10-16(2,3)4/h12-13H,5-11,17H2,1-4H3. The van der Waals surface area contributed by atoms with E-state index in [9.17, 15) is 9.59 Å². The molecule has 5 nitrogen and oxygen atoms in total. The number of carbonyl (C=O) groups excluding carboxylic acids is 2. The summed E-state index contributed by atoms with van der Waals surface area (Å²) in [4.78, 5) is 26.1. The van der Waals surface area contributed by atoms with Crippen LogP contribution in [-0.4, -0.2) is 43.0 Å². The number of amides is 1. The van der Waals surface area contributed by atoms with Crippen molar-refractivity contribution >= 4 is 11.9 Å². The van der Waals surface area contributed by atoms with Crippen LogP contribution in [0.5, 0.6) is 0 Å². The van der Waals surface area contributed by atoms with Crippen LogP contribution in [0.15, 0.2) is 0 Å². The van der Waals surface area contributed by atoms with Crippen LogP contribution < -0.4 is 5.73 Å². The van der Waals surface area contributed by atoms with E-state index in [1.54, 1.807) is 0 Å². The summed E-state index contributed by atoms with van der Waals surface area (Å²) in [5, 5.41) is 0. The van der Waals surface area contributed by atoms with E-state index >= 15 is 0 Å². The lowest BCUT2D eigenvalue weighted by molar-refractivity contribution is -0.151. The quantitative estimate of drug-likeness (QED) is 0.786. The minimum Gasteiger partial charge on any atom is -0.466 e. The Morgan fingerprint density at radius 1 is 1.29 bits per heavy atom. The minimum absolute atomic E-state index is 0.0621. The number of nitrogens with two attached hydrogens (primary N) is 1. The van der Waals surface area contributed by atoms with Crippen LogP contribution in [0.1, 0.15) is 47.0 Å². The maximum Gasteiger partial charge on any atom is 0.309 e. The Balaban J connectivity index is 2.52. The van der Waals surface area contributed by atoms with E-state index in [2.05, 4.69) is 20.8 Å². The van der Waals surface area contributed by atoms with Crippen LogP contribution in [0.4, 0.5) is 0 Å². The van der Waals surface area contributed by atoms with Crippen molar-refractivity contribution in [3.63, 3.8) is 0 Å². The van der Waals surface area contributed by atoms with Gasteiger partial charge in [0.25, 0.3) is 0 Å². The molecule has 0 spiro atoms. The SMILES string of the molecule is CCOC(=O)C1CCN(C(=O)C(CN)CC(C)(C)C)CC1. The zero-order valence-corrected chi connectivity index (χ0v) is 13.9. The average molecular weight is 298 g/mol. The maximum atomic E-state index is 12.5. The zero-order valence-electron chi connectivity index (χ0n) is 13.9. The molecule has 0 aromatic heterocycles. The van der Waals surface area contributed by atoms with Crippen LogP contribution in [0.3, 0.4) is 0 Å². The van der Waals surface area contributed by atoms with Gasteiger partial charge < -0.3 is 15.4 Å². The maximum absolute atomic E-state index is 12.5. The predicted molar refractivity (Wildman–Crippen MR) is 82.6 cm³/mol. The van der Waals surface area contributed by atoms with E-state index in [0.29, 0.717) is 39.1 Å². The van der Waals surface area contributed by atoms with Gasteiger partial charge in [-0.3, -0.25) is 9.59 Å². The summed E-state index contributed by atoms with van der Waals surface area (Å²) in [6.45, 7) is 10.2. The third kappa shape index (κ3) is 5.65. The predicted octanol–water partition coefficient (Wildman–Crippen LogP) is 1.80. The fourth-order valence-electron chi connectivity index (χ4n) is 2.86. The van der Waals surface area contributed by atoms with E-state index in [-0.39, 0.29) is 29.1 Å². The van der Waals surface area contributed by atoms with Gasteiger partial charge in [-0.2, -0.15) is 0 Å². The Labute approximate surface area is 128 Å². The number of rotatable bonds is 5. The lowest BCUT2D eigenvalue weighted by Gasteiger charge is -2.34. The van der Waals surface area contributed by atoms with Gasteiger partial charge in [0.15, 0.2) is 0 Å². The number of piperidine rings is 1. The molecule has 1 amide bonds. The van der Waals surface area contributed by atoms with Crippen molar-refractivity contribution < 1.29 is 14.3 Å². The Bertz CT molecular complexity index is 355. The zero-order chi connectivity index (χ0) is 16.0. The summed E-state index contributed by atoms with van der Waals surface area (Å²) in [5.74, 6) is -0.179. The Hall–Kier alpha value is -1.10. The lowest BCUT2D eigenvalue weighted by atomic mass is 9.83. The lowest BCUT2D eigenvalue weighted by Crippen LogP contribution is -2.45. The van der Waals surface area contributed by atoms with E-state index in [1.807, 2.05) is 11.8 Å². The summed E-state index contributed by atoms with van der Waals surface area (Å²) < 4.78 is 5.05. The molecule has 122 valence electrons. The number of carbonyl (C=O) groups is 2. The highest BCUT2D eigenvalue weighted by Gasteiger charge is 2.32. The van der Waals surface area contributed by atoms with Crippen LogP contribution in [0.2, 0.25) is 0 Å². The Morgan fingerprint density at radius 3 is 2.29 bits per heavy atom. The number of hydrogen-bond donors (Lipinski definition) is 1. The molecule has 0 saturated carbocycles. The fourth-order valence-corrected chi connectivity index (χ4v) is 2.86. The van der Waals surface area contributed by atoms with Crippen molar-refractivity contribution in [3.05, 3.63) is 0 Å². The van der Waals surface area contributed by atoms with Gasteiger partial charge in [-0.25, -0.2) is 0 Å². The van der Waals surface area contributed by atoms with Gasteiger partial charge in [0.2, 0.25) is 5.91 Å². The van der Waals surface area contributed by atoms with Crippen LogP contribution >= 0.6 is 0 Å². The number of esters is 1. The van der Waals surface area contributed by atoms with Gasteiger partial charge in [0.1, 0.15) is 0 Å². The molecule has 0 aliphatic carbocycles. The fraction of sp³-hybridized carbons (Fsp3) is 0.875. The molecule has 0 radical (unpaired) electrons. The molecule has 1 aliphatic heterocycles. The van der Waals surface area contributed by atoms with Gasteiger partial charge >= 0.3 is 5.97 Å². The highest BCUT2D eigenvalue weighted by Crippen LogP contribution is 2.27. The summed E-state index contributed by atoms with van der Waals surface area (Å²) >= 11 is 0. The van der Waals surface area contributed by atoms with Crippen molar-refractivity contribution in [2.45, 2.75) is 47.0 Å². The van der Waals surface area contributed by atoms with Gasteiger partial charge in [-0.05, 0) is 31.6 Å². The Morgan fingerprint density at radius 2 is 1.86 bits per heavy atom. The van der Waals surface area contributed by atoms with Crippen molar-refractivity contribution in [1.29, 1.82) is 0 Å². The molecule has 1 heterocycles. The van der Waals surface area contributed by atoms with E-state index in [1.165, 1.54) is 0 Å². The molecule has 2 N–H and O–H groups in total. The molecule has 1 fully saturated rings. The number of ether oxygens (including phenoxy) is 1. The minimum atomic E-state index is -0.130. The molecule has 0 aromatic rings. The monoisotopic (exact) mass is 298 g/mol. The molecule has 0 aromatic carbocycles. The van der Waals surface area contributed by atoms with Gasteiger partial charge in [-0.1, -0.05) is 20.8 Å². The normalized spacial score (nSPS) is 18.4. The first kappa shape index (κ1) is 18.0. The van der Waals surface area contributed by atoms with Crippen LogP contribution in [0, 0.1) is 17.3 Å². The first-order chi connectivity index (χ1) is 9.78. The third-order valence-electron chi connectivity index (χ3n) is 3.92. The van der Waals surface area contributed by atoms with Crippen molar-refractivity contribution in [1.82, 2.24) is 4.90 Å². The number of likely N-dealkylation sites (tertiary alicyclic amines) is 1. The average Bonchev–Trinajstić information content (AvgIpc) is 2.43. The van der Waals surface area contributed by atoms with E-state index < -0.39 is 0 Å². The smallest absolute Gasteiger partial charge is 0.309 e. The second kappa shape index (κ2) is 7.78. The molecule has 1 unspecified atom stereocenters. The van der Waals surface area contributed by atoms with E-state index in [0.717, 1.165) is 6.42 Å². The van der Waals surface area contributed by atoms with Crippen LogP contribution in [0.25, 0.3) is 0 Å². The van der Waals surface area contributed by atoms with Gasteiger partial charge in [0.05, 0.1) is 18.4 Å². The topological polar surface area (TPSA) is 72.6 Å². The van der Waals surface area contributed by atoms with Crippen molar-refractivity contribution in [2.75, 3.05) is 26.2 Å². The molecule has 0 bridgehead atoms. The van der Waals surface area contributed by atoms with Crippen molar-refractivity contribution in [3.8, 4) is 0 Å². The first-order valence-electron chi connectivity index (χ1n) is 7.94. The summed E-state index contributed by atoms with van der Waals surface area (Å²) in [6, 6.07) is 0. The molecule has 5 heteroatoms. The summed E-state index contributed by atoms with van der Waals surface area (Å²) in [7, 11) is 0. The first-order valence-corrected chi connectivity index (χ1v) is 7.94. The molecule has 1 aliphatic rings. The molecular weight excluding hydrogens is 268 g/mol. The highest BCUT2D eigenvalue weighted by atomic mass is 16.5. The Kier molecular flexibility index (Phi) is 6.65. The molecule has 1 saturated heterocycles. The van der Waals surface area contributed by atoms with Gasteiger partial charge in [-0.15, -0.1) is 0 Å². The second-order valence-corrected chi connectivity index (χ2v) is 7.05. The molecular formula is C16H30N2O3. The summed E-state index contributed by atoms with van der Waals surface area (Å²) in [6.07, 6.45) is 2.18. The molecule has 1 atom stereocenters. The van der Waals surface area contributed by atoms with Crippen molar-refractivity contribution in [2.24, 2.45) is 23.0 Å². The van der Waals surface area contributed by atoms with Gasteiger partial charge in [0, 0.05) is 19.6 Å². The highest BCUT2D eigenvalue weighted by molar-refractivity contribution is 5.80. The largest absolute Gasteiger partial charge is 0.466 e. The molecule has 21 heavy (non-hydrogen) atoms. The number of hydrogen-bond acceptors (Lipinski definition) is 4. The van der Waals surface area contributed by atoms with Crippen LogP contribution in [-0.2, 0) is 14.3 Å². The molecule has 1 rings (SSSR count). The van der Waals surface area contributed by atoms with E-state index in [4.69, 9.17) is 10.5 Å². The number of nitrogens with zero attached hydrogens (tertiary/aromatic N) is 1. The summed E-state index contributed by atoms with van der Waals surface area (Å²) in [5.41, 5.74) is 5.87. The third-order valence-corrected chi connectivity index (χ3v) is 3.92.